The Kier molecular flexibility index (Phi) is 7.29. The number of hydrogen-bond acceptors (Lipinski definition) is 4. The number of piperazine rings is 1. The van der Waals surface area contributed by atoms with E-state index in [-0.39, 0.29) is 11.9 Å². The minimum atomic E-state index is -0.0150. The third-order valence-electron chi connectivity index (χ3n) is 6.02. The Balaban J connectivity index is 1.73. The van der Waals surface area contributed by atoms with Crippen molar-refractivity contribution in [1.82, 2.24) is 15.1 Å². The van der Waals surface area contributed by atoms with Crippen LogP contribution in [0.4, 0.5) is 0 Å². The third-order valence-corrected chi connectivity index (χ3v) is 6.02. The summed E-state index contributed by atoms with van der Waals surface area (Å²) in [6.45, 7) is 12.1. The van der Waals surface area contributed by atoms with Gasteiger partial charge in [-0.25, -0.2) is 0 Å². The van der Waals surface area contributed by atoms with Gasteiger partial charge in [0, 0.05) is 38.3 Å². The first-order valence-corrected chi connectivity index (χ1v) is 10.5. The van der Waals surface area contributed by atoms with E-state index in [0.29, 0.717) is 6.54 Å². The van der Waals surface area contributed by atoms with Gasteiger partial charge < -0.3 is 15.0 Å². The van der Waals surface area contributed by atoms with E-state index in [2.05, 4.69) is 41.1 Å². The van der Waals surface area contributed by atoms with E-state index in [4.69, 9.17) is 4.74 Å². The highest BCUT2D eigenvalue weighted by molar-refractivity contribution is 5.94. The molecule has 1 heterocycles. The van der Waals surface area contributed by atoms with Crippen molar-refractivity contribution in [3.05, 3.63) is 64.7 Å². The molecule has 0 saturated carbocycles. The Morgan fingerprint density at radius 3 is 2.31 bits per heavy atom. The maximum atomic E-state index is 12.8. The molecule has 0 radical (unpaired) electrons. The van der Waals surface area contributed by atoms with Crippen LogP contribution in [0.15, 0.2) is 42.5 Å². The van der Waals surface area contributed by atoms with Crippen LogP contribution in [0.5, 0.6) is 5.75 Å². The SMILES string of the molecule is CCN1CCN(C(CNC(=O)c2ccc(C)c(C)c2)c2ccc(OC)cc2)CC1. The van der Waals surface area contributed by atoms with Crippen molar-refractivity contribution in [2.75, 3.05) is 46.4 Å². The van der Waals surface area contributed by atoms with Crippen molar-refractivity contribution in [2.45, 2.75) is 26.8 Å². The number of methoxy groups -OCH3 is 1. The quantitative estimate of drug-likeness (QED) is 0.780. The lowest BCUT2D eigenvalue weighted by atomic mass is 10.0. The molecule has 1 aliphatic rings. The molecule has 1 atom stereocenters. The molecule has 1 fully saturated rings. The van der Waals surface area contributed by atoms with Crippen LogP contribution in [-0.2, 0) is 0 Å². The normalized spacial score (nSPS) is 16.4. The van der Waals surface area contributed by atoms with Gasteiger partial charge in [0.2, 0.25) is 0 Å². The summed E-state index contributed by atoms with van der Waals surface area (Å²) in [6, 6.07) is 14.2. The molecule has 1 aliphatic heterocycles. The molecule has 5 nitrogen and oxygen atoms in total. The third kappa shape index (κ3) is 5.37. The van der Waals surface area contributed by atoms with Gasteiger partial charge in [-0.05, 0) is 61.3 Å². The fourth-order valence-electron chi connectivity index (χ4n) is 3.85. The predicted octanol–water partition coefficient (Wildman–Crippen LogP) is 3.42. The fourth-order valence-corrected chi connectivity index (χ4v) is 3.85. The van der Waals surface area contributed by atoms with Crippen LogP contribution >= 0.6 is 0 Å². The first-order chi connectivity index (χ1) is 14.0. The van der Waals surface area contributed by atoms with E-state index < -0.39 is 0 Å². The number of rotatable bonds is 7. The summed E-state index contributed by atoms with van der Waals surface area (Å²) in [5.41, 5.74) is 4.26. The van der Waals surface area contributed by atoms with Crippen molar-refractivity contribution in [2.24, 2.45) is 0 Å². The molecule has 156 valence electrons. The molecule has 3 rings (SSSR count). The van der Waals surface area contributed by atoms with Gasteiger partial charge >= 0.3 is 0 Å². The molecule has 2 aromatic rings. The molecular formula is C24H33N3O2. The molecular weight excluding hydrogens is 362 g/mol. The molecule has 0 spiro atoms. The van der Waals surface area contributed by atoms with Crippen molar-refractivity contribution >= 4 is 5.91 Å². The Morgan fingerprint density at radius 2 is 1.72 bits per heavy atom. The van der Waals surface area contributed by atoms with Gasteiger partial charge in [0.05, 0.1) is 13.2 Å². The lowest BCUT2D eigenvalue weighted by molar-refractivity contribution is 0.0855. The maximum Gasteiger partial charge on any atom is 0.251 e. The number of hydrogen-bond donors (Lipinski definition) is 1. The van der Waals surface area contributed by atoms with E-state index in [1.807, 2.05) is 37.3 Å². The van der Waals surface area contributed by atoms with Crippen LogP contribution in [-0.4, -0.2) is 62.1 Å². The molecule has 1 N–H and O–H groups in total. The Morgan fingerprint density at radius 1 is 1.03 bits per heavy atom. The molecule has 1 amide bonds. The number of nitrogens with zero attached hydrogens (tertiary/aromatic N) is 2. The van der Waals surface area contributed by atoms with Gasteiger partial charge in [0.25, 0.3) is 5.91 Å². The van der Waals surface area contributed by atoms with Crippen LogP contribution in [0.2, 0.25) is 0 Å². The van der Waals surface area contributed by atoms with Crippen LogP contribution < -0.4 is 10.1 Å². The van der Waals surface area contributed by atoms with Crippen molar-refractivity contribution < 1.29 is 9.53 Å². The van der Waals surface area contributed by atoms with Crippen LogP contribution in [0.3, 0.4) is 0 Å². The largest absolute Gasteiger partial charge is 0.497 e. The zero-order chi connectivity index (χ0) is 20.8. The fraction of sp³-hybridized carbons (Fsp3) is 0.458. The van der Waals surface area contributed by atoms with Crippen molar-refractivity contribution in [1.29, 1.82) is 0 Å². The molecule has 5 heteroatoms. The molecule has 0 aromatic heterocycles. The van der Waals surface area contributed by atoms with Crippen LogP contribution in [0.25, 0.3) is 0 Å². The Bertz CT molecular complexity index is 811. The molecule has 29 heavy (non-hydrogen) atoms. The molecule has 1 saturated heterocycles. The maximum absolute atomic E-state index is 12.8. The van der Waals surface area contributed by atoms with E-state index >= 15 is 0 Å². The van der Waals surface area contributed by atoms with Crippen LogP contribution in [0, 0.1) is 13.8 Å². The van der Waals surface area contributed by atoms with E-state index in [0.717, 1.165) is 49.6 Å². The summed E-state index contributed by atoms with van der Waals surface area (Å²) in [5, 5.41) is 3.17. The van der Waals surface area contributed by atoms with Gasteiger partial charge in [-0.1, -0.05) is 25.1 Å². The highest BCUT2D eigenvalue weighted by Crippen LogP contribution is 2.24. The molecule has 0 bridgehead atoms. The smallest absolute Gasteiger partial charge is 0.251 e. The first-order valence-electron chi connectivity index (χ1n) is 10.5. The summed E-state index contributed by atoms with van der Waals surface area (Å²) in [4.78, 5) is 17.7. The lowest BCUT2D eigenvalue weighted by Crippen LogP contribution is -2.49. The number of nitrogens with one attached hydrogen (secondary N) is 1. The van der Waals surface area contributed by atoms with Gasteiger partial charge in [0.1, 0.15) is 5.75 Å². The van der Waals surface area contributed by atoms with Gasteiger partial charge in [-0.15, -0.1) is 0 Å². The number of benzene rings is 2. The summed E-state index contributed by atoms with van der Waals surface area (Å²) in [6.07, 6.45) is 0. The van der Waals surface area contributed by atoms with Gasteiger partial charge in [-0.3, -0.25) is 9.69 Å². The number of likely N-dealkylation sites (N-methyl/N-ethyl adjacent to an activating group) is 1. The second-order valence-corrected chi connectivity index (χ2v) is 7.77. The number of ether oxygens (including phenoxy) is 1. The van der Waals surface area contributed by atoms with E-state index in [1.165, 1.54) is 11.1 Å². The standard InChI is InChI=1S/C24H33N3O2/c1-5-26-12-14-27(15-13-26)23(20-8-10-22(29-4)11-9-20)17-25-24(28)21-7-6-18(2)19(3)16-21/h6-11,16,23H,5,12-15,17H2,1-4H3,(H,25,28). The van der Waals surface area contributed by atoms with E-state index in [9.17, 15) is 4.79 Å². The molecule has 0 aliphatic carbocycles. The lowest BCUT2D eigenvalue weighted by Gasteiger charge is -2.39. The second-order valence-electron chi connectivity index (χ2n) is 7.77. The minimum Gasteiger partial charge on any atom is -0.497 e. The highest BCUT2D eigenvalue weighted by Gasteiger charge is 2.25. The summed E-state index contributed by atoms with van der Waals surface area (Å²) < 4.78 is 5.31. The predicted molar refractivity (Wildman–Crippen MR) is 118 cm³/mol. The molecule has 2 aromatic carbocycles. The highest BCUT2D eigenvalue weighted by atomic mass is 16.5. The average Bonchev–Trinajstić information content (AvgIpc) is 2.76. The monoisotopic (exact) mass is 395 g/mol. The van der Waals surface area contributed by atoms with Gasteiger partial charge in [0.15, 0.2) is 0 Å². The van der Waals surface area contributed by atoms with E-state index in [1.54, 1.807) is 7.11 Å². The topological polar surface area (TPSA) is 44.8 Å². The van der Waals surface area contributed by atoms with Crippen molar-refractivity contribution in [3.63, 3.8) is 0 Å². The first kappa shape index (κ1) is 21.3. The number of carbonyl (C=O) groups excluding carboxylic acids is 1. The summed E-state index contributed by atoms with van der Waals surface area (Å²) >= 11 is 0. The Labute approximate surface area is 174 Å². The van der Waals surface area contributed by atoms with Gasteiger partial charge in [-0.2, -0.15) is 0 Å². The second kappa shape index (κ2) is 9.90. The zero-order valence-corrected chi connectivity index (χ0v) is 18.1. The summed E-state index contributed by atoms with van der Waals surface area (Å²) in [7, 11) is 1.68. The molecule has 1 unspecified atom stereocenters. The zero-order valence-electron chi connectivity index (χ0n) is 18.1. The average molecular weight is 396 g/mol. The number of amides is 1. The van der Waals surface area contributed by atoms with Crippen molar-refractivity contribution in [3.8, 4) is 5.75 Å². The minimum absolute atomic E-state index is 0.0150. The number of aryl methyl sites for hydroxylation is 2. The van der Waals surface area contributed by atoms with Crippen LogP contribution in [0.1, 0.15) is 40.0 Å². The summed E-state index contributed by atoms with van der Waals surface area (Å²) in [5.74, 6) is 0.835. The Hall–Kier alpha value is -2.37. The number of carbonyl (C=O) groups is 1.